The lowest BCUT2D eigenvalue weighted by molar-refractivity contribution is -0.384. The summed E-state index contributed by atoms with van der Waals surface area (Å²) in [4.78, 5) is 23.7. The van der Waals surface area contributed by atoms with E-state index >= 15 is 0 Å². The molecular formula is C19H23N3O5. The molecule has 0 fully saturated rings. The van der Waals surface area contributed by atoms with Gasteiger partial charge in [-0.15, -0.1) is 0 Å². The van der Waals surface area contributed by atoms with Gasteiger partial charge < -0.3 is 20.1 Å². The fourth-order valence-corrected chi connectivity index (χ4v) is 2.59. The molecule has 2 rings (SSSR count). The molecule has 144 valence electrons. The first kappa shape index (κ1) is 20.2. The highest BCUT2D eigenvalue weighted by molar-refractivity contribution is 5.90. The van der Waals surface area contributed by atoms with Gasteiger partial charge in [-0.3, -0.25) is 14.9 Å². The number of non-ortho nitro benzene ring substituents is 1. The third-order valence-corrected chi connectivity index (χ3v) is 3.85. The number of nitro benzene ring substituents is 1. The maximum atomic E-state index is 11.3. The molecule has 1 amide bonds. The van der Waals surface area contributed by atoms with Gasteiger partial charge in [-0.2, -0.15) is 0 Å². The topological polar surface area (TPSA) is 105 Å². The van der Waals surface area contributed by atoms with Crippen LogP contribution in [0.4, 0.5) is 17.1 Å². The van der Waals surface area contributed by atoms with Crippen LogP contribution in [0, 0.1) is 10.1 Å². The number of anilines is 2. The Morgan fingerprint density at radius 1 is 1.30 bits per heavy atom. The molecule has 0 heterocycles. The predicted molar refractivity (Wildman–Crippen MR) is 103 cm³/mol. The Hall–Kier alpha value is -3.13. The number of hydrogen-bond donors (Lipinski definition) is 2. The molecule has 0 spiro atoms. The van der Waals surface area contributed by atoms with E-state index in [1.807, 2.05) is 42.2 Å². The van der Waals surface area contributed by atoms with Gasteiger partial charge in [-0.05, 0) is 25.1 Å². The van der Waals surface area contributed by atoms with Crippen molar-refractivity contribution in [3.63, 3.8) is 0 Å². The Bertz CT molecular complexity index is 782. The minimum Gasteiger partial charge on any atom is -0.489 e. The number of hydrogen-bond acceptors (Lipinski definition) is 6. The number of nitro groups is 1. The lowest BCUT2D eigenvalue weighted by Gasteiger charge is -2.26. The van der Waals surface area contributed by atoms with Gasteiger partial charge in [0.1, 0.15) is 18.5 Å². The lowest BCUT2D eigenvalue weighted by Crippen LogP contribution is -2.35. The van der Waals surface area contributed by atoms with Crippen LogP contribution in [0.5, 0.6) is 5.75 Å². The second-order valence-corrected chi connectivity index (χ2v) is 5.96. The zero-order valence-electron chi connectivity index (χ0n) is 15.3. The van der Waals surface area contributed by atoms with Crippen LogP contribution < -0.4 is 15.0 Å². The third-order valence-electron chi connectivity index (χ3n) is 3.85. The first-order valence-corrected chi connectivity index (χ1v) is 8.57. The zero-order chi connectivity index (χ0) is 19.8. The summed E-state index contributed by atoms with van der Waals surface area (Å²) in [7, 11) is 0. The van der Waals surface area contributed by atoms with Crippen molar-refractivity contribution in [2.45, 2.75) is 20.0 Å². The number of para-hydroxylation sites is 1. The maximum Gasteiger partial charge on any atom is 0.271 e. The molecule has 0 saturated heterocycles. The number of aliphatic hydroxyl groups excluding tert-OH is 1. The van der Waals surface area contributed by atoms with Crippen molar-refractivity contribution < 1.29 is 19.6 Å². The predicted octanol–water partition coefficient (Wildman–Crippen LogP) is 2.82. The number of aliphatic hydroxyl groups is 1. The van der Waals surface area contributed by atoms with Gasteiger partial charge in [-0.1, -0.05) is 18.2 Å². The van der Waals surface area contributed by atoms with Crippen molar-refractivity contribution in [1.29, 1.82) is 0 Å². The van der Waals surface area contributed by atoms with E-state index in [0.717, 1.165) is 12.2 Å². The molecular weight excluding hydrogens is 350 g/mol. The molecule has 1 atom stereocenters. The molecule has 2 aromatic rings. The van der Waals surface area contributed by atoms with E-state index in [1.165, 1.54) is 25.1 Å². The summed E-state index contributed by atoms with van der Waals surface area (Å²) >= 11 is 0. The van der Waals surface area contributed by atoms with Gasteiger partial charge in [0.2, 0.25) is 5.91 Å². The van der Waals surface area contributed by atoms with Crippen LogP contribution in [0.2, 0.25) is 0 Å². The van der Waals surface area contributed by atoms with Gasteiger partial charge in [0.25, 0.3) is 5.69 Å². The Morgan fingerprint density at radius 3 is 2.59 bits per heavy atom. The van der Waals surface area contributed by atoms with E-state index in [-0.39, 0.29) is 29.6 Å². The highest BCUT2D eigenvalue weighted by Gasteiger charge is 2.16. The smallest absolute Gasteiger partial charge is 0.271 e. The van der Waals surface area contributed by atoms with Gasteiger partial charge in [0.05, 0.1) is 10.6 Å². The molecule has 8 nitrogen and oxygen atoms in total. The van der Waals surface area contributed by atoms with E-state index in [1.54, 1.807) is 0 Å². The van der Waals surface area contributed by atoms with Crippen LogP contribution in [0.3, 0.4) is 0 Å². The van der Waals surface area contributed by atoms with E-state index < -0.39 is 11.0 Å². The summed E-state index contributed by atoms with van der Waals surface area (Å²) < 4.78 is 5.60. The van der Waals surface area contributed by atoms with Gasteiger partial charge >= 0.3 is 0 Å². The second kappa shape index (κ2) is 9.54. The summed E-state index contributed by atoms with van der Waals surface area (Å²) in [6, 6.07) is 13.6. The zero-order valence-corrected chi connectivity index (χ0v) is 15.3. The van der Waals surface area contributed by atoms with Crippen molar-refractivity contribution in [2.75, 3.05) is 29.9 Å². The average Bonchev–Trinajstić information content (AvgIpc) is 2.65. The highest BCUT2D eigenvalue weighted by atomic mass is 16.6. The van der Waals surface area contributed by atoms with Crippen LogP contribution in [0.15, 0.2) is 48.5 Å². The van der Waals surface area contributed by atoms with Crippen molar-refractivity contribution in [1.82, 2.24) is 0 Å². The standard InChI is InChI=1S/C19H23N3O5/c1-3-21(15-7-5-4-6-8-15)12-17(24)13-27-19-10-9-16(22(25)26)11-18(19)20-14(2)23/h4-11,17,24H,3,12-13H2,1-2H3,(H,20,23). The molecule has 1 unspecified atom stereocenters. The van der Waals surface area contributed by atoms with Crippen LogP contribution >= 0.6 is 0 Å². The van der Waals surface area contributed by atoms with Crippen LogP contribution in [-0.2, 0) is 4.79 Å². The van der Waals surface area contributed by atoms with Crippen molar-refractivity contribution in [2.24, 2.45) is 0 Å². The van der Waals surface area contributed by atoms with Gasteiger partial charge in [-0.25, -0.2) is 0 Å². The maximum absolute atomic E-state index is 11.3. The van der Waals surface area contributed by atoms with Crippen LogP contribution in [0.1, 0.15) is 13.8 Å². The molecule has 0 aliphatic carbocycles. The number of nitrogens with one attached hydrogen (secondary N) is 1. The molecule has 8 heteroatoms. The number of amides is 1. The van der Waals surface area contributed by atoms with E-state index in [2.05, 4.69) is 5.32 Å². The molecule has 0 aromatic heterocycles. The largest absolute Gasteiger partial charge is 0.489 e. The Labute approximate surface area is 157 Å². The Morgan fingerprint density at radius 2 is 2.00 bits per heavy atom. The van der Waals surface area contributed by atoms with Gasteiger partial charge in [0, 0.05) is 37.8 Å². The van der Waals surface area contributed by atoms with Gasteiger partial charge in [0.15, 0.2) is 0 Å². The number of ether oxygens (including phenoxy) is 1. The molecule has 0 bridgehead atoms. The normalized spacial score (nSPS) is 11.5. The highest BCUT2D eigenvalue weighted by Crippen LogP contribution is 2.29. The summed E-state index contributed by atoms with van der Waals surface area (Å²) in [6.45, 7) is 4.36. The lowest BCUT2D eigenvalue weighted by atomic mass is 10.2. The van der Waals surface area contributed by atoms with Crippen molar-refractivity contribution >= 4 is 23.0 Å². The van der Waals surface area contributed by atoms with Crippen LogP contribution in [-0.4, -0.2) is 41.7 Å². The minimum absolute atomic E-state index is 0.0201. The number of likely N-dealkylation sites (N-methyl/N-ethyl adjacent to an activating group) is 1. The SMILES string of the molecule is CCN(CC(O)COc1ccc([N+](=O)[O-])cc1NC(C)=O)c1ccccc1. The van der Waals surface area contributed by atoms with E-state index in [4.69, 9.17) is 4.74 Å². The minimum atomic E-state index is -0.787. The first-order chi connectivity index (χ1) is 12.9. The number of nitrogens with zero attached hydrogens (tertiary/aromatic N) is 2. The summed E-state index contributed by atoms with van der Waals surface area (Å²) in [5.74, 6) is -0.111. The second-order valence-electron chi connectivity index (χ2n) is 5.96. The molecule has 2 aromatic carbocycles. The number of benzene rings is 2. The van der Waals surface area contributed by atoms with Crippen molar-refractivity contribution in [3.8, 4) is 5.75 Å². The summed E-state index contributed by atoms with van der Waals surface area (Å²) in [5, 5.41) is 23.7. The average molecular weight is 373 g/mol. The van der Waals surface area contributed by atoms with Crippen LogP contribution in [0.25, 0.3) is 0 Å². The Kier molecular flexibility index (Phi) is 7.13. The number of carbonyl (C=O) groups is 1. The summed E-state index contributed by atoms with van der Waals surface area (Å²) in [5.41, 5.74) is 1.03. The molecule has 2 N–H and O–H groups in total. The quantitative estimate of drug-likeness (QED) is 0.517. The molecule has 0 radical (unpaired) electrons. The number of rotatable bonds is 9. The molecule has 0 aliphatic rings. The molecule has 0 aliphatic heterocycles. The molecule has 27 heavy (non-hydrogen) atoms. The van der Waals surface area contributed by atoms with Crippen molar-refractivity contribution in [3.05, 3.63) is 58.6 Å². The monoisotopic (exact) mass is 373 g/mol. The first-order valence-electron chi connectivity index (χ1n) is 8.57. The third kappa shape index (κ3) is 5.96. The van der Waals surface area contributed by atoms with E-state index in [0.29, 0.717) is 6.54 Å². The fourth-order valence-electron chi connectivity index (χ4n) is 2.59. The summed E-state index contributed by atoms with van der Waals surface area (Å²) in [6.07, 6.45) is -0.787. The molecule has 0 saturated carbocycles. The van der Waals surface area contributed by atoms with E-state index in [9.17, 15) is 20.0 Å². The Balaban J connectivity index is 2.04. The number of carbonyl (C=O) groups excluding carboxylic acids is 1. The fraction of sp³-hybridized carbons (Fsp3) is 0.316.